The SMILES string of the molecule is CCC(CN)(CC(=O)OC)c1ccc(Cl)cc1. The predicted octanol–water partition coefficient (Wildman–Crippen LogP) is 2.51. The third kappa shape index (κ3) is 3.20. The average molecular weight is 256 g/mol. The Morgan fingerprint density at radius 2 is 2.00 bits per heavy atom. The summed E-state index contributed by atoms with van der Waals surface area (Å²) in [7, 11) is 1.39. The third-order valence-corrected chi connectivity index (χ3v) is 3.49. The van der Waals surface area contributed by atoms with Crippen LogP contribution in [0.15, 0.2) is 24.3 Å². The van der Waals surface area contributed by atoms with Crippen LogP contribution in [0.3, 0.4) is 0 Å². The monoisotopic (exact) mass is 255 g/mol. The zero-order chi connectivity index (χ0) is 12.9. The van der Waals surface area contributed by atoms with Crippen molar-refractivity contribution >= 4 is 17.6 Å². The molecular formula is C13H18ClNO2. The molecule has 3 nitrogen and oxygen atoms in total. The van der Waals surface area contributed by atoms with Crippen molar-refractivity contribution in [2.45, 2.75) is 25.2 Å². The Morgan fingerprint density at radius 3 is 2.41 bits per heavy atom. The van der Waals surface area contributed by atoms with Gasteiger partial charge in [-0.25, -0.2) is 0 Å². The molecule has 0 heterocycles. The van der Waals surface area contributed by atoms with Crippen LogP contribution in [0.1, 0.15) is 25.3 Å². The summed E-state index contributed by atoms with van der Waals surface area (Å²) in [6, 6.07) is 7.46. The van der Waals surface area contributed by atoms with Crippen LogP contribution in [0.5, 0.6) is 0 Å². The predicted molar refractivity (Wildman–Crippen MR) is 69.1 cm³/mol. The van der Waals surface area contributed by atoms with Crippen LogP contribution in [0.25, 0.3) is 0 Å². The van der Waals surface area contributed by atoms with Crippen molar-refractivity contribution in [1.82, 2.24) is 0 Å². The number of rotatable bonds is 5. The highest BCUT2D eigenvalue weighted by atomic mass is 35.5. The number of carbonyl (C=O) groups is 1. The van der Waals surface area contributed by atoms with E-state index < -0.39 is 0 Å². The van der Waals surface area contributed by atoms with Crippen molar-refractivity contribution in [3.63, 3.8) is 0 Å². The van der Waals surface area contributed by atoms with Crippen molar-refractivity contribution in [3.05, 3.63) is 34.9 Å². The highest BCUT2D eigenvalue weighted by Gasteiger charge is 2.32. The quantitative estimate of drug-likeness (QED) is 0.823. The normalized spacial score (nSPS) is 14.1. The van der Waals surface area contributed by atoms with E-state index in [-0.39, 0.29) is 17.8 Å². The second kappa shape index (κ2) is 6.03. The molecule has 17 heavy (non-hydrogen) atoms. The molecule has 0 bridgehead atoms. The fourth-order valence-corrected chi connectivity index (χ4v) is 2.04. The molecule has 0 aliphatic rings. The summed E-state index contributed by atoms with van der Waals surface area (Å²) in [6.45, 7) is 2.42. The van der Waals surface area contributed by atoms with Crippen molar-refractivity contribution in [1.29, 1.82) is 0 Å². The zero-order valence-corrected chi connectivity index (χ0v) is 11.0. The minimum absolute atomic E-state index is 0.243. The van der Waals surface area contributed by atoms with E-state index in [9.17, 15) is 4.79 Å². The lowest BCUT2D eigenvalue weighted by Crippen LogP contribution is -2.37. The van der Waals surface area contributed by atoms with Crippen LogP contribution in [0.2, 0.25) is 5.02 Å². The van der Waals surface area contributed by atoms with Gasteiger partial charge in [-0.15, -0.1) is 0 Å². The number of ether oxygens (including phenoxy) is 1. The lowest BCUT2D eigenvalue weighted by atomic mass is 9.75. The summed E-state index contributed by atoms with van der Waals surface area (Å²) in [5.41, 5.74) is 6.51. The number of halogens is 1. The molecule has 0 aromatic heterocycles. The smallest absolute Gasteiger partial charge is 0.306 e. The fourth-order valence-electron chi connectivity index (χ4n) is 1.92. The summed E-state index contributed by atoms with van der Waals surface area (Å²) in [4.78, 5) is 11.5. The molecule has 94 valence electrons. The minimum Gasteiger partial charge on any atom is -0.469 e. The Kier molecular flexibility index (Phi) is 4.97. The molecular weight excluding hydrogens is 238 g/mol. The molecule has 1 atom stereocenters. The van der Waals surface area contributed by atoms with Crippen LogP contribution in [-0.2, 0) is 14.9 Å². The topological polar surface area (TPSA) is 52.3 Å². The number of benzene rings is 1. The Balaban J connectivity index is 3.05. The van der Waals surface area contributed by atoms with Crippen LogP contribution < -0.4 is 5.73 Å². The number of methoxy groups -OCH3 is 1. The van der Waals surface area contributed by atoms with Gasteiger partial charge in [0.25, 0.3) is 0 Å². The first kappa shape index (κ1) is 14.0. The molecule has 1 unspecified atom stereocenters. The Morgan fingerprint density at radius 1 is 1.41 bits per heavy atom. The lowest BCUT2D eigenvalue weighted by molar-refractivity contribution is -0.142. The Bertz CT molecular complexity index is 372. The molecule has 0 radical (unpaired) electrons. The summed E-state index contributed by atoms with van der Waals surface area (Å²) in [6.07, 6.45) is 1.07. The van der Waals surface area contributed by atoms with Crippen molar-refractivity contribution < 1.29 is 9.53 Å². The van der Waals surface area contributed by atoms with Crippen molar-refractivity contribution in [2.24, 2.45) is 5.73 Å². The molecule has 4 heteroatoms. The van der Waals surface area contributed by atoms with Gasteiger partial charge in [0.05, 0.1) is 13.5 Å². The van der Waals surface area contributed by atoms with E-state index in [0.717, 1.165) is 12.0 Å². The van der Waals surface area contributed by atoms with E-state index in [4.69, 9.17) is 22.1 Å². The zero-order valence-electron chi connectivity index (χ0n) is 10.2. The van der Waals surface area contributed by atoms with Gasteiger partial charge < -0.3 is 10.5 Å². The van der Waals surface area contributed by atoms with E-state index in [2.05, 4.69) is 0 Å². The van der Waals surface area contributed by atoms with E-state index in [1.54, 1.807) is 0 Å². The molecule has 2 N–H and O–H groups in total. The first-order valence-electron chi connectivity index (χ1n) is 5.61. The molecule has 1 rings (SSSR count). The van der Waals surface area contributed by atoms with Gasteiger partial charge in [0.2, 0.25) is 0 Å². The van der Waals surface area contributed by atoms with Gasteiger partial charge in [0, 0.05) is 17.0 Å². The highest BCUT2D eigenvalue weighted by Crippen LogP contribution is 2.31. The lowest BCUT2D eigenvalue weighted by Gasteiger charge is -2.31. The van der Waals surface area contributed by atoms with E-state index >= 15 is 0 Å². The van der Waals surface area contributed by atoms with Crippen molar-refractivity contribution in [2.75, 3.05) is 13.7 Å². The second-order valence-electron chi connectivity index (χ2n) is 4.10. The average Bonchev–Trinajstić information content (AvgIpc) is 2.37. The maximum absolute atomic E-state index is 11.5. The Hall–Kier alpha value is -1.06. The van der Waals surface area contributed by atoms with E-state index in [1.807, 2.05) is 31.2 Å². The van der Waals surface area contributed by atoms with Crippen LogP contribution >= 0.6 is 11.6 Å². The second-order valence-corrected chi connectivity index (χ2v) is 4.53. The number of nitrogens with two attached hydrogens (primary N) is 1. The van der Waals surface area contributed by atoms with Gasteiger partial charge in [-0.3, -0.25) is 4.79 Å². The molecule has 1 aromatic carbocycles. The summed E-state index contributed by atoms with van der Waals surface area (Å²) in [5, 5.41) is 0.675. The van der Waals surface area contributed by atoms with Crippen LogP contribution in [-0.4, -0.2) is 19.6 Å². The summed E-state index contributed by atoms with van der Waals surface area (Å²) >= 11 is 5.86. The standard InChI is InChI=1S/C13H18ClNO2/c1-3-13(9-15,8-12(16)17-2)10-4-6-11(14)7-5-10/h4-7H,3,8-9,15H2,1-2H3. The molecule has 0 amide bonds. The van der Waals surface area contributed by atoms with E-state index in [0.29, 0.717) is 11.6 Å². The van der Waals surface area contributed by atoms with Gasteiger partial charge >= 0.3 is 5.97 Å². The molecule has 0 aliphatic carbocycles. The minimum atomic E-state index is -0.363. The maximum Gasteiger partial charge on any atom is 0.306 e. The van der Waals surface area contributed by atoms with Gasteiger partial charge in [-0.1, -0.05) is 30.7 Å². The van der Waals surface area contributed by atoms with Gasteiger partial charge in [0.1, 0.15) is 0 Å². The van der Waals surface area contributed by atoms with Gasteiger partial charge in [-0.05, 0) is 24.1 Å². The van der Waals surface area contributed by atoms with E-state index in [1.165, 1.54) is 7.11 Å². The van der Waals surface area contributed by atoms with Gasteiger partial charge in [0.15, 0.2) is 0 Å². The number of carbonyl (C=O) groups excluding carboxylic acids is 1. The van der Waals surface area contributed by atoms with Crippen molar-refractivity contribution in [3.8, 4) is 0 Å². The highest BCUT2D eigenvalue weighted by molar-refractivity contribution is 6.30. The fraction of sp³-hybridized carbons (Fsp3) is 0.462. The molecule has 1 aromatic rings. The number of esters is 1. The van der Waals surface area contributed by atoms with Crippen LogP contribution in [0.4, 0.5) is 0 Å². The first-order valence-corrected chi connectivity index (χ1v) is 5.98. The maximum atomic E-state index is 11.5. The molecule has 0 aliphatic heterocycles. The first-order chi connectivity index (χ1) is 8.07. The summed E-state index contributed by atoms with van der Waals surface area (Å²) in [5.74, 6) is -0.243. The van der Waals surface area contributed by atoms with Gasteiger partial charge in [-0.2, -0.15) is 0 Å². The molecule has 0 saturated heterocycles. The third-order valence-electron chi connectivity index (χ3n) is 3.23. The molecule has 0 saturated carbocycles. The number of hydrogen-bond acceptors (Lipinski definition) is 3. The summed E-state index contributed by atoms with van der Waals surface area (Å²) < 4.78 is 4.73. The van der Waals surface area contributed by atoms with Crippen LogP contribution in [0, 0.1) is 0 Å². The largest absolute Gasteiger partial charge is 0.469 e. The molecule has 0 fully saturated rings. The Labute approximate surface area is 107 Å². The number of hydrogen-bond donors (Lipinski definition) is 1. The molecule has 0 spiro atoms.